The maximum atomic E-state index is 10.9. The summed E-state index contributed by atoms with van der Waals surface area (Å²) in [6.07, 6.45) is 10.0. The van der Waals surface area contributed by atoms with Crippen molar-refractivity contribution in [1.29, 1.82) is 0 Å². The van der Waals surface area contributed by atoms with Crippen molar-refractivity contribution in [1.82, 2.24) is 4.90 Å². The summed E-state index contributed by atoms with van der Waals surface area (Å²) < 4.78 is 5.34. The average molecular weight is 289 g/mol. The smallest absolute Gasteiger partial charge is 0.209 e. The van der Waals surface area contributed by atoms with Crippen LogP contribution >= 0.6 is 0 Å². The lowest BCUT2D eigenvalue weighted by Gasteiger charge is -2.17. The van der Waals surface area contributed by atoms with Gasteiger partial charge in [-0.1, -0.05) is 46.5 Å². The Morgan fingerprint density at radius 2 is 1.55 bits per heavy atom. The molecule has 0 heterocycles. The zero-order chi connectivity index (χ0) is 14.2. The molecule has 4 nitrogen and oxygen atoms in total. The number of hydrogen-bond donors (Lipinski definition) is 1. The monoisotopic (exact) mass is 289 g/mol. The van der Waals surface area contributed by atoms with E-state index >= 15 is 0 Å². The maximum absolute atomic E-state index is 10.9. The first-order valence-corrected chi connectivity index (χ1v) is 7.73. The van der Waals surface area contributed by atoms with Gasteiger partial charge in [0.15, 0.2) is 0 Å². The lowest BCUT2D eigenvalue weighted by atomic mass is 10.1. The molecule has 0 aromatic rings. The quantitative estimate of drug-likeness (QED) is 0.372. The van der Waals surface area contributed by atoms with E-state index in [9.17, 15) is 4.79 Å². The minimum Gasteiger partial charge on any atom is -0.396 e. The first-order valence-electron chi connectivity index (χ1n) is 7.73. The Morgan fingerprint density at radius 3 is 2.20 bits per heavy atom. The molecule has 0 radical (unpaired) electrons. The lowest BCUT2D eigenvalue weighted by molar-refractivity contribution is -0.118. The van der Waals surface area contributed by atoms with Crippen molar-refractivity contribution in [3.05, 3.63) is 0 Å². The molecular weight excluding hydrogens is 254 g/mol. The van der Waals surface area contributed by atoms with Crippen LogP contribution in [0.25, 0.3) is 0 Å². The first kappa shape index (κ1) is 21.7. The van der Waals surface area contributed by atoms with Gasteiger partial charge in [-0.15, -0.1) is 0 Å². The van der Waals surface area contributed by atoms with Gasteiger partial charge in [0.2, 0.25) is 6.41 Å². The normalized spacial score (nSPS) is 10.1. The summed E-state index contributed by atoms with van der Waals surface area (Å²) in [5, 5.41) is 8.59. The highest BCUT2D eigenvalue weighted by atomic mass is 16.5. The minimum atomic E-state index is 0. The molecule has 0 spiro atoms. The third-order valence-corrected chi connectivity index (χ3v) is 3.13. The SMILES string of the molecule is C.CCCCCCCCN(C=O)CCCOCCCO. The molecule has 0 aliphatic carbocycles. The lowest BCUT2D eigenvalue weighted by Crippen LogP contribution is -2.25. The van der Waals surface area contributed by atoms with E-state index in [1.54, 1.807) is 0 Å². The molecule has 1 N–H and O–H groups in total. The van der Waals surface area contributed by atoms with Crippen molar-refractivity contribution in [2.24, 2.45) is 0 Å². The molecule has 122 valence electrons. The van der Waals surface area contributed by atoms with Crippen molar-refractivity contribution in [3.8, 4) is 0 Å². The van der Waals surface area contributed by atoms with Gasteiger partial charge in [-0.2, -0.15) is 0 Å². The van der Waals surface area contributed by atoms with Crippen molar-refractivity contribution >= 4 is 6.41 Å². The van der Waals surface area contributed by atoms with Crippen LogP contribution in [0.4, 0.5) is 0 Å². The highest BCUT2D eigenvalue weighted by molar-refractivity contribution is 5.46. The van der Waals surface area contributed by atoms with Crippen LogP contribution in [0.1, 0.15) is 65.7 Å². The summed E-state index contributed by atoms with van der Waals surface area (Å²) in [7, 11) is 0. The van der Waals surface area contributed by atoms with Crippen LogP contribution in [0.3, 0.4) is 0 Å². The van der Waals surface area contributed by atoms with E-state index in [0.29, 0.717) is 19.6 Å². The summed E-state index contributed by atoms with van der Waals surface area (Å²) in [5.74, 6) is 0. The second-order valence-corrected chi connectivity index (χ2v) is 4.95. The Labute approximate surface area is 125 Å². The van der Waals surface area contributed by atoms with E-state index < -0.39 is 0 Å². The fourth-order valence-corrected chi connectivity index (χ4v) is 1.95. The van der Waals surface area contributed by atoms with E-state index in [4.69, 9.17) is 9.84 Å². The molecule has 0 aliphatic rings. The van der Waals surface area contributed by atoms with Crippen LogP contribution in [-0.2, 0) is 9.53 Å². The van der Waals surface area contributed by atoms with E-state index in [1.807, 2.05) is 4.90 Å². The zero-order valence-corrected chi connectivity index (χ0v) is 12.5. The van der Waals surface area contributed by atoms with E-state index in [-0.39, 0.29) is 14.0 Å². The highest BCUT2D eigenvalue weighted by Crippen LogP contribution is 2.05. The highest BCUT2D eigenvalue weighted by Gasteiger charge is 2.01. The van der Waals surface area contributed by atoms with Gasteiger partial charge < -0.3 is 14.7 Å². The van der Waals surface area contributed by atoms with Gasteiger partial charge in [-0.05, 0) is 19.3 Å². The van der Waals surface area contributed by atoms with Crippen LogP contribution in [0.2, 0.25) is 0 Å². The number of ether oxygens (including phenoxy) is 1. The summed E-state index contributed by atoms with van der Waals surface area (Å²) in [6.45, 7) is 5.31. The summed E-state index contributed by atoms with van der Waals surface area (Å²) >= 11 is 0. The Balaban J connectivity index is 0. The second-order valence-electron chi connectivity index (χ2n) is 4.95. The van der Waals surface area contributed by atoms with Gasteiger partial charge >= 0.3 is 0 Å². The first-order chi connectivity index (χ1) is 9.35. The van der Waals surface area contributed by atoms with Crippen molar-refractivity contribution in [2.45, 2.75) is 65.7 Å². The molecule has 1 amide bonds. The minimum absolute atomic E-state index is 0. The fraction of sp³-hybridized carbons (Fsp3) is 0.938. The molecule has 0 atom stereocenters. The topological polar surface area (TPSA) is 49.8 Å². The van der Waals surface area contributed by atoms with Gasteiger partial charge in [0.25, 0.3) is 0 Å². The number of hydrogen-bond acceptors (Lipinski definition) is 3. The maximum Gasteiger partial charge on any atom is 0.209 e. The zero-order valence-electron chi connectivity index (χ0n) is 12.5. The Bertz CT molecular complexity index is 173. The number of unbranched alkanes of at least 4 members (excludes halogenated alkanes) is 5. The van der Waals surface area contributed by atoms with Crippen LogP contribution in [0.5, 0.6) is 0 Å². The Hall–Kier alpha value is -0.610. The molecule has 0 saturated carbocycles. The predicted molar refractivity (Wildman–Crippen MR) is 84.9 cm³/mol. The van der Waals surface area contributed by atoms with Gasteiger partial charge in [-0.25, -0.2) is 0 Å². The third kappa shape index (κ3) is 15.4. The van der Waals surface area contributed by atoms with Crippen LogP contribution in [0.15, 0.2) is 0 Å². The standard InChI is InChI=1S/C15H31NO3.CH4/c1-2-3-4-5-6-7-10-16(15-18)11-8-13-19-14-9-12-17;/h15,17H,2-14H2,1H3;1H4. The molecule has 0 rings (SSSR count). The molecule has 0 aliphatic heterocycles. The molecule has 0 bridgehead atoms. The van der Waals surface area contributed by atoms with Crippen LogP contribution in [0, 0.1) is 0 Å². The Morgan fingerprint density at radius 1 is 0.950 bits per heavy atom. The van der Waals surface area contributed by atoms with Crippen molar-refractivity contribution in [3.63, 3.8) is 0 Å². The molecule has 4 heteroatoms. The largest absolute Gasteiger partial charge is 0.396 e. The molecule has 0 fully saturated rings. The van der Waals surface area contributed by atoms with Crippen molar-refractivity contribution < 1.29 is 14.6 Å². The van der Waals surface area contributed by atoms with Crippen molar-refractivity contribution in [2.75, 3.05) is 32.9 Å². The van der Waals surface area contributed by atoms with E-state index in [0.717, 1.165) is 32.3 Å². The number of aliphatic hydroxyl groups is 1. The summed E-state index contributed by atoms with van der Waals surface area (Å²) in [6, 6.07) is 0. The summed E-state index contributed by atoms with van der Waals surface area (Å²) in [5.41, 5.74) is 0. The molecule has 0 aromatic carbocycles. The van der Waals surface area contributed by atoms with Gasteiger partial charge in [-0.3, -0.25) is 4.79 Å². The molecular formula is C16H35NO3. The van der Waals surface area contributed by atoms with Gasteiger partial charge in [0.1, 0.15) is 0 Å². The van der Waals surface area contributed by atoms with E-state index in [1.165, 1.54) is 32.1 Å². The molecule has 0 saturated heterocycles. The van der Waals surface area contributed by atoms with Gasteiger partial charge in [0, 0.05) is 32.9 Å². The predicted octanol–water partition coefficient (Wildman–Crippen LogP) is 3.23. The molecule has 0 aromatic heterocycles. The van der Waals surface area contributed by atoms with Crippen LogP contribution in [-0.4, -0.2) is 49.3 Å². The van der Waals surface area contributed by atoms with Crippen LogP contribution < -0.4 is 0 Å². The number of carbonyl (C=O) groups is 1. The number of amides is 1. The number of carbonyl (C=O) groups excluding carboxylic acids is 1. The average Bonchev–Trinajstić information content (AvgIpc) is 2.44. The number of aliphatic hydroxyl groups excluding tert-OH is 1. The third-order valence-electron chi connectivity index (χ3n) is 3.13. The summed E-state index contributed by atoms with van der Waals surface area (Å²) in [4.78, 5) is 12.7. The Kier molecular flexibility index (Phi) is 19.9. The van der Waals surface area contributed by atoms with E-state index in [2.05, 4.69) is 6.92 Å². The fourth-order valence-electron chi connectivity index (χ4n) is 1.95. The van der Waals surface area contributed by atoms with Gasteiger partial charge in [0.05, 0.1) is 0 Å². The molecule has 20 heavy (non-hydrogen) atoms. The number of nitrogens with zero attached hydrogens (tertiary/aromatic N) is 1. The molecule has 0 unspecified atom stereocenters. The number of rotatable bonds is 15. The second kappa shape index (κ2) is 18.4.